The van der Waals surface area contributed by atoms with Crippen molar-refractivity contribution in [2.75, 3.05) is 26.2 Å². The Labute approximate surface area is 128 Å². The van der Waals surface area contributed by atoms with Gasteiger partial charge in [0.15, 0.2) is 0 Å². The van der Waals surface area contributed by atoms with Crippen LogP contribution >= 0.6 is 0 Å². The largest absolute Gasteiger partial charge is 0.391 e. The number of benzene rings is 2. The number of rotatable bonds is 6. The number of carbonyl (C=O) groups is 2. The van der Waals surface area contributed by atoms with E-state index in [2.05, 4.69) is 0 Å². The fourth-order valence-electron chi connectivity index (χ4n) is 2.91. The number of carbonyl (C=O) groups excluding carboxylic acids is 2. The first kappa shape index (κ1) is 14.7. The summed E-state index contributed by atoms with van der Waals surface area (Å²) in [6, 6.07) is 11.1. The minimum atomic E-state index is -0.212. The second-order valence-electron chi connectivity index (χ2n) is 5.41. The summed E-state index contributed by atoms with van der Waals surface area (Å²) in [4.78, 5) is 26.5. The average molecular weight is 299 g/mol. The highest BCUT2D eigenvalue weighted by Gasteiger charge is 2.32. The summed E-state index contributed by atoms with van der Waals surface area (Å²) in [6.07, 6.45) is 0.718. The lowest BCUT2D eigenvalue weighted by Crippen LogP contribution is -2.85. The molecule has 2 aromatic rings. The fraction of sp³-hybridized carbons (Fsp3) is 0.294. The van der Waals surface area contributed by atoms with Gasteiger partial charge in [-0.25, -0.2) is 0 Å². The Morgan fingerprint density at radius 2 is 1.59 bits per heavy atom. The summed E-state index contributed by atoms with van der Waals surface area (Å²) in [5.74, 6) is -0.423. The molecule has 0 unspecified atom stereocenters. The third-order valence-corrected chi connectivity index (χ3v) is 3.98. The van der Waals surface area contributed by atoms with Crippen LogP contribution in [0.3, 0.4) is 0 Å². The second-order valence-corrected chi connectivity index (χ2v) is 5.41. The number of aliphatic hydroxyl groups excluding tert-OH is 1. The van der Waals surface area contributed by atoms with Crippen LogP contribution in [0.1, 0.15) is 27.1 Å². The van der Waals surface area contributed by atoms with Crippen molar-refractivity contribution < 1.29 is 20.0 Å². The van der Waals surface area contributed by atoms with Gasteiger partial charge >= 0.3 is 0 Å². The van der Waals surface area contributed by atoms with Crippen molar-refractivity contribution in [2.45, 2.75) is 6.42 Å². The molecule has 5 heteroatoms. The molecule has 3 rings (SSSR count). The van der Waals surface area contributed by atoms with Crippen molar-refractivity contribution in [1.29, 1.82) is 0 Å². The molecule has 0 saturated carbocycles. The van der Waals surface area contributed by atoms with Crippen LogP contribution < -0.4 is 5.32 Å². The quantitative estimate of drug-likeness (QED) is 0.598. The van der Waals surface area contributed by atoms with Crippen LogP contribution in [0.5, 0.6) is 0 Å². The van der Waals surface area contributed by atoms with Gasteiger partial charge < -0.3 is 10.4 Å². The van der Waals surface area contributed by atoms with Gasteiger partial charge in [0.1, 0.15) is 0 Å². The Morgan fingerprint density at radius 1 is 0.955 bits per heavy atom. The zero-order valence-electron chi connectivity index (χ0n) is 12.3. The van der Waals surface area contributed by atoms with Crippen molar-refractivity contribution in [3.63, 3.8) is 0 Å². The third-order valence-electron chi connectivity index (χ3n) is 3.98. The number of aliphatic hydroxyl groups is 1. The van der Waals surface area contributed by atoms with Gasteiger partial charge in [0.2, 0.25) is 0 Å². The molecule has 3 N–H and O–H groups in total. The lowest BCUT2D eigenvalue weighted by Gasteiger charge is -2.26. The van der Waals surface area contributed by atoms with Crippen LogP contribution in [-0.4, -0.2) is 48.1 Å². The summed E-state index contributed by atoms with van der Waals surface area (Å²) >= 11 is 0. The smallest absolute Gasteiger partial charge is 0.261 e. The van der Waals surface area contributed by atoms with Crippen LogP contribution in [0.15, 0.2) is 36.4 Å². The molecule has 5 nitrogen and oxygen atoms in total. The van der Waals surface area contributed by atoms with Gasteiger partial charge in [0, 0.05) is 29.5 Å². The van der Waals surface area contributed by atoms with Gasteiger partial charge in [0.25, 0.3) is 11.8 Å². The lowest BCUT2D eigenvalue weighted by atomic mass is 9.94. The van der Waals surface area contributed by atoms with E-state index in [9.17, 15) is 9.59 Å². The maximum atomic E-state index is 12.6. The van der Waals surface area contributed by atoms with Crippen molar-refractivity contribution in [3.05, 3.63) is 47.5 Å². The first-order valence-electron chi connectivity index (χ1n) is 7.54. The molecule has 0 aromatic heterocycles. The topological polar surface area (TPSA) is 74.2 Å². The highest BCUT2D eigenvalue weighted by molar-refractivity contribution is 6.25. The van der Waals surface area contributed by atoms with Crippen molar-refractivity contribution in [1.82, 2.24) is 4.90 Å². The summed E-state index contributed by atoms with van der Waals surface area (Å²) in [5.41, 5.74) is 1.21. The van der Waals surface area contributed by atoms with Crippen LogP contribution in [0.25, 0.3) is 10.8 Å². The monoisotopic (exact) mass is 299 g/mol. The Kier molecular flexibility index (Phi) is 4.18. The average Bonchev–Trinajstić information content (AvgIpc) is 2.55. The third kappa shape index (κ3) is 2.49. The Balaban J connectivity index is 1.85. The summed E-state index contributed by atoms with van der Waals surface area (Å²) in [6.45, 7) is 1.97. The number of amides is 2. The summed E-state index contributed by atoms with van der Waals surface area (Å²) < 4.78 is 0. The van der Waals surface area contributed by atoms with Gasteiger partial charge in [-0.15, -0.1) is 0 Å². The van der Waals surface area contributed by atoms with E-state index >= 15 is 0 Å². The van der Waals surface area contributed by atoms with E-state index in [1.54, 1.807) is 12.1 Å². The molecule has 114 valence electrons. The number of quaternary nitrogens is 1. The van der Waals surface area contributed by atoms with Crippen LogP contribution in [0, 0.1) is 0 Å². The number of nitrogens with zero attached hydrogens (tertiary/aromatic N) is 1. The van der Waals surface area contributed by atoms with Crippen molar-refractivity contribution >= 4 is 22.6 Å². The Hall–Kier alpha value is -2.24. The Bertz CT molecular complexity index is 676. The molecule has 0 bridgehead atoms. The fourth-order valence-corrected chi connectivity index (χ4v) is 2.91. The van der Waals surface area contributed by atoms with Crippen LogP contribution in [0.4, 0.5) is 0 Å². The van der Waals surface area contributed by atoms with Gasteiger partial charge in [-0.1, -0.05) is 24.3 Å². The van der Waals surface area contributed by atoms with Crippen molar-refractivity contribution in [2.24, 2.45) is 0 Å². The molecule has 0 radical (unpaired) electrons. The SMILES string of the molecule is O=C1c2cccc3cccc(c23)C(=O)N1CCC[NH2+]CCO. The van der Waals surface area contributed by atoms with E-state index in [0.29, 0.717) is 24.2 Å². The molecule has 0 aliphatic carbocycles. The van der Waals surface area contributed by atoms with E-state index in [1.165, 1.54) is 4.90 Å². The highest BCUT2D eigenvalue weighted by atomic mass is 16.3. The number of hydrogen-bond donors (Lipinski definition) is 2. The molecular weight excluding hydrogens is 280 g/mol. The minimum absolute atomic E-state index is 0.136. The van der Waals surface area contributed by atoms with E-state index in [1.807, 2.05) is 29.6 Å². The zero-order chi connectivity index (χ0) is 15.5. The molecule has 0 saturated heterocycles. The Morgan fingerprint density at radius 3 is 2.18 bits per heavy atom. The summed E-state index contributed by atoms with van der Waals surface area (Å²) in [5, 5.41) is 12.4. The molecule has 22 heavy (non-hydrogen) atoms. The van der Waals surface area contributed by atoms with Crippen molar-refractivity contribution in [3.8, 4) is 0 Å². The zero-order valence-corrected chi connectivity index (χ0v) is 12.3. The van der Waals surface area contributed by atoms with E-state index in [0.717, 1.165) is 23.7 Å². The maximum absolute atomic E-state index is 12.6. The van der Waals surface area contributed by atoms with Crippen LogP contribution in [-0.2, 0) is 0 Å². The number of nitrogens with two attached hydrogens (primary N) is 1. The first-order chi connectivity index (χ1) is 10.7. The van der Waals surface area contributed by atoms with Gasteiger partial charge in [-0.3, -0.25) is 14.5 Å². The molecule has 0 fully saturated rings. The van der Waals surface area contributed by atoms with Gasteiger partial charge in [-0.2, -0.15) is 0 Å². The van der Waals surface area contributed by atoms with Gasteiger partial charge in [0.05, 0.1) is 19.7 Å². The number of hydrogen-bond acceptors (Lipinski definition) is 3. The molecule has 0 atom stereocenters. The molecule has 2 amide bonds. The molecule has 1 aliphatic heterocycles. The molecule has 2 aromatic carbocycles. The molecule has 1 aliphatic rings. The van der Waals surface area contributed by atoms with Crippen LogP contribution in [0.2, 0.25) is 0 Å². The highest BCUT2D eigenvalue weighted by Crippen LogP contribution is 2.29. The van der Waals surface area contributed by atoms with Gasteiger partial charge in [-0.05, 0) is 17.5 Å². The first-order valence-corrected chi connectivity index (χ1v) is 7.54. The predicted molar refractivity (Wildman–Crippen MR) is 82.7 cm³/mol. The number of imide groups is 1. The lowest BCUT2D eigenvalue weighted by molar-refractivity contribution is -0.656. The standard InChI is InChI=1S/C17H18N2O3/c20-11-9-18-8-3-10-19-16(21)13-6-1-4-12-5-2-7-14(15(12)13)17(19)22/h1-2,4-7,18,20H,3,8-11H2/p+1. The maximum Gasteiger partial charge on any atom is 0.261 e. The molecule has 0 spiro atoms. The molecular formula is C17H19N2O3+. The van der Waals surface area contributed by atoms with E-state index in [-0.39, 0.29) is 18.4 Å². The summed E-state index contributed by atoms with van der Waals surface area (Å²) in [7, 11) is 0. The predicted octanol–water partition coefficient (Wildman–Crippen LogP) is 0.382. The second kappa shape index (κ2) is 6.25. The minimum Gasteiger partial charge on any atom is -0.391 e. The van der Waals surface area contributed by atoms with E-state index < -0.39 is 0 Å². The van der Waals surface area contributed by atoms with E-state index in [4.69, 9.17) is 5.11 Å². The molecule has 1 heterocycles. The normalized spacial score (nSPS) is 14.0.